The lowest BCUT2D eigenvalue weighted by atomic mass is 9.76. The predicted octanol–water partition coefficient (Wildman–Crippen LogP) is 3.56. The zero-order valence-corrected chi connectivity index (χ0v) is 14.2. The third-order valence-electron chi connectivity index (χ3n) is 4.09. The van der Waals surface area contributed by atoms with Gasteiger partial charge in [-0.05, 0) is 38.0 Å². The second kappa shape index (κ2) is 7.16. The van der Waals surface area contributed by atoms with Crippen molar-refractivity contribution in [3.63, 3.8) is 0 Å². The maximum atomic E-state index is 12.0. The Morgan fingerprint density at radius 1 is 1.52 bits per heavy atom. The van der Waals surface area contributed by atoms with Gasteiger partial charge in [0.05, 0.1) is 17.1 Å². The lowest BCUT2D eigenvalue weighted by molar-refractivity contribution is -0.120. The highest BCUT2D eigenvalue weighted by Crippen LogP contribution is 2.31. The number of nitrogens with zero attached hydrogens (tertiary/aromatic N) is 2. The van der Waals surface area contributed by atoms with Gasteiger partial charge in [-0.25, -0.2) is 10.4 Å². The number of hydrogen-bond donors (Lipinski definition) is 1. The van der Waals surface area contributed by atoms with Crippen LogP contribution in [-0.2, 0) is 11.2 Å². The number of thiazole rings is 1. The van der Waals surface area contributed by atoms with Gasteiger partial charge in [-0.1, -0.05) is 20.8 Å². The van der Waals surface area contributed by atoms with Gasteiger partial charge in [-0.15, -0.1) is 11.3 Å². The summed E-state index contributed by atoms with van der Waals surface area (Å²) in [5, 5.41) is 7.35. The third-order valence-corrected chi connectivity index (χ3v) is 4.92. The van der Waals surface area contributed by atoms with E-state index in [2.05, 4.69) is 36.3 Å². The fourth-order valence-electron chi connectivity index (χ4n) is 2.92. The first-order chi connectivity index (χ1) is 9.95. The Balaban J connectivity index is 1.95. The van der Waals surface area contributed by atoms with Crippen LogP contribution in [0.3, 0.4) is 0 Å². The minimum absolute atomic E-state index is 0.0754. The van der Waals surface area contributed by atoms with Gasteiger partial charge in [0.2, 0.25) is 5.91 Å². The minimum Gasteiger partial charge on any atom is -0.273 e. The molecule has 1 aliphatic carbocycles. The molecule has 0 unspecified atom stereocenters. The van der Waals surface area contributed by atoms with Crippen LogP contribution in [0, 0.1) is 24.7 Å². The summed E-state index contributed by atoms with van der Waals surface area (Å²) in [6, 6.07) is 0. The number of carbonyl (C=O) groups is 1. The lowest BCUT2D eigenvalue weighted by Gasteiger charge is -2.30. The standard InChI is InChI=1S/C16H25N3OS/c1-10(2)14-6-5-11(3)7-15(14)18-19-16(20)8-13-9-21-12(4)17-13/h9-11,14H,5-8H2,1-4H3,(H,19,20)/t11-,14+/m1/s1. The first-order valence-electron chi connectivity index (χ1n) is 7.72. The average molecular weight is 307 g/mol. The Bertz CT molecular complexity index is 521. The smallest absolute Gasteiger partial charge is 0.246 e. The Morgan fingerprint density at radius 3 is 2.90 bits per heavy atom. The fourth-order valence-corrected chi connectivity index (χ4v) is 3.53. The van der Waals surface area contributed by atoms with E-state index in [1.165, 1.54) is 12.8 Å². The maximum absolute atomic E-state index is 12.0. The van der Waals surface area contributed by atoms with Gasteiger partial charge in [0.15, 0.2) is 0 Å². The molecular weight excluding hydrogens is 282 g/mol. The molecule has 1 aromatic rings. The zero-order valence-electron chi connectivity index (χ0n) is 13.3. The van der Waals surface area contributed by atoms with Crippen molar-refractivity contribution in [2.45, 2.75) is 53.4 Å². The number of amides is 1. The van der Waals surface area contributed by atoms with Crippen LogP contribution in [0.5, 0.6) is 0 Å². The van der Waals surface area contributed by atoms with Crippen molar-refractivity contribution in [1.29, 1.82) is 0 Å². The number of aromatic nitrogens is 1. The van der Waals surface area contributed by atoms with E-state index in [-0.39, 0.29) is 5.91 Å². The van der Waals surface area contributed by atoms with Crippen molar-refractivity contribution in [2.24, 2.45) is 22.9 Å². The molecule has 1 fully saturated rings. The number of aryl methyl sites for hydroxylation is 1. The van der Waals surface area contributed by atoms with Crippen molar-refractivity contribution >= 4 is 23.0 Å². The summed E-state index contributed by atoms with van der Waals surface area (Å²) in [6.07, 6.45) is 3.74. The van der Waals surface area contributed by atoms with Gasteiger partial charge in [0.25, 0.3) is 0 Å². The number of rotatable bonds is 4. The molecule has 2 rings (SSSR count). The molecule has 21 heavy (non-hydrogen) atoms. The summed E-state index contributed by atoms with van der Waals surface area (Å²) in [7, 11) is 0. The van der Waals surface area contributed by atoms with Crippen molar-refractivity contribution in [3.8, 4) is 0 Å². The van der Waals surface area contributed by atoms with E-state index in [9.17, 15) is 4.79 Å². The van der Waals surface area contributed by atoms with E-state index in [0.717, 1.165) is 22.8 Å². The first kappa shape index (κ1) is 16.1. The summed E-state index contributed by atoms with van der Waals surface area (Å²) in [5.74, 6) is 1.67. The predicted molar refractivity (Wildman–Crippen MR) is 87.5 cm³/mol. The van der Waals surface area contributed by atoms with Crippen molar-refractivity contribution < 1.29 is 4.79 Å². The topological polar surface area (TPSA) is 54.4 Å². The third kappa shape index (κ3) is 4.63. The molecule has 0 radical (unpaired) electrons. The van der Waals surface area contributed by atoms with Gasteiger partial charge in [-0.3, -0.25) is 4.79 Å². The van der Waals surface area contributed by atoms with Crippen LogP contribution in [0.25, 0.3) is 0 Å². The molecular formula is C16H25N3OS. The second-order valence-corrected chi connectivity index (χ2v) is 7.47. The van der Waals surface area contributed by atoms with Crippen LogP contribution >= 0.6 is 11.3 Å². The van der Waals surface area contributed by atoms with E-state index >= 15 is 0 Å². The molecule has 1 heterocycles. The molecule has 1 aliphatic rings. The molecule has 0 aliphatic heterocycles. The van der Waals surface area contributed by atoms with Gasteiger partial charge in [0.1, 0.15) is 0 Å². The van der Waals surface area contributed by atoms with Gasteiger partial charge < -0.3 is 0 Å². The summed E-state index contributed by atoms with van der Waals surface area (Å²) >= 11 is 1.57. The van der Waals surface area contributed by atoms with E-state index in [0.29, 0.717) is 24.2 Å². The van der Waals surface area contributed by atoms with Crippen LogP contribution in [0.4, 0.5) is 0 Å². The zero-order chi connectivity index (χ0) is 15.4. The molecule has 1 aromatic heterocycles. The molecule has 5 heteroatoms. The molecule has 0 saturated heterocycles. The highest BCUT2D eigenvalue weighted by atomic mass is 32.1. The minimum atomic E-state index is -0.0754. The Morgan fingerprint density at radius 2 is 2.29 bits per heavy atom. The van der Waals surface area contributed by atoms with Gasteiger partial charge >= 0.3 is 0 Å². The average Bonchev–Trinajstić information content (AvgIpc) is 2.81. The van der Waals surface area contributed by atoms with E-state index < -0.39 is 0 Å². The first-order valence-corrected chi connectivity index (χ1v) is 8.60. The molecule has 116 valence electrons. The van der Waals surface area contributed by atoms with E-state index in [4.69, 9.17) is 0 Å². The molecule has 0 spiro atoms. The number of hydrazone groups is 1. The maximum Gasteiger partial charge on any atom is 0.246 e. The molecule has 0 bridgehead atoms. The summed E-state index contributed by atoms with van der Waals surface area (Å²) in [4.78, 5) is 16.3. The number of carbonyl (C=O) groups excluding carboxylic acids is 1. The molecule has 1 N–H and O–H groups in total. The van der Waals surface area contributed by atoms with E-state index in [1.54, 1.807) is 11.3 Å². The Labute approximate surface area is 131 Å². The fraction of sp³-hybridized carbons (Fsp3) is 0.688. The highest BCUT2D eigenvalue weighted by Gasteiger charge is 2.27. The van der Waals surface area contributed by atoms with E-state index in [1.807, 2.05) is 12.3 Å². The lowest BCUT2D eigenvalue weighted by Crippen LogP contribution is -2.31. The van der Waals surface area contributed by atoms with Crippen molar-refractivity contribution in [3.05, 3.63) is 16.1 Å². The highest BCUT2D eigenvalue weighted by molar-refractivity contribution is 7.09. The molecule has 1 saturated carbocycles. The molecule has 4 nitrogen and oxygen atoms in total. The number of hydrogen-bond acceptors (Lipinski definition) is 4. The van der Waals surface area contributed by atoms with Crippen LogP contribution in [0.15, 0.2) is 10.5 Å². The SMILES string of the molecule is Cc1nc(CC(=O)NN=C2C[C@H](C)CC[C@H]2C(C)C)cs1. The summed E-state index contributed by atoms with van der Waals surface area (Å²) < 4.78 is 0. The largest absolute Gasteiger partial charge is 0.273 e. The Hall–Kier alpha value is -1.23. The Kier molecular flexibility index (Phi) is 5.51. The van der Waals surface area contributed by atoms with Crippen LogP contribution in [-0.4, -0.2) is 16.6 Å². The number of nitrogens with one attached hydrogen (secondary N) is 1. The van der Waals surface area contributed by atoms with Crippen LogP contribution < -0.4 is 5.43 Å². The van der Waals surface area contributed by atoms with Crippen molar-refractivity contribution in [1.82, 2.24) is 10.4 Å². The van der Waals surface area contributed by atoms with Crippen molar-refractivity contribution in [2.75, 3.05) is 0 Å². The van der Waals surface area contributed by atoms with Gasteiger partial charge in [0, 0.05) is 17.0 Å². The molecule has 1 amide bonds. The summed E-state index contributed by atoms with van der Waals surface area (Å²) in [6.45, 7) is 8.67. The van der Waals surface area contributed by atoms with Gasteiger partial charge in [-0.2, -0.15) is 5.10 Å². The molecule has 0 aromatic carbocycles. The monoisotopic (exact) mass is 307 g/mol. The quantitative estimate of drug-likeness (QED) is 0.865. The summed E-state index contributed by atoms with van der Waals surface area (Å²) in [5.41, 5.74) is 4.71. The second-order valence-electron chi connectivity index (χ2n) is 6.41. The normalized spacial score (nSPS) is 24.5. The molecule has 2 atom stereocenters. The van der Waals surface area contributed by atoms with Crippen LogP contribution in [0.2, 0.25) is 0 Å². The van der Waals surface area contributed by atoms with Crippen LogP contribution in [0.1, 0.15) is 50.7 Å².